The molecule has 1 aromatic rings. The Morgan fingerprint density at radius 3 is 2.35 bits per heavy atom. The van der Waals surface area contributed by atoms with E-state index < -0.39 is 10.2 Å². The first-order valence-corrected chi connectivity index (χ1v) is 10.4. The highest BCUT2D eigenvalue weighted by Gasteiger charge is 2.31. The first-order valence-electron chi connectivity index (χ1n) is 9.04. The zero-order valence-corrected chi connectivity index (χ0v) is 16.7. The van der Waals surface area contributed by atoms with Gasteiger partial charge in [0.2, 0.25) is 5.91 Å². The minimum atomic E-state index is -3.38. The van der Waals surface area contributed by atoms with Crippen molar-refractivity contribution in [1.82, 2.24) is 13.9 Å². The zero-order valence-electron chi connectivity index (χ0n) is 15.9. The van der Waals surface area contributed by atoms with E-state index >= 15 is 0 Å². The number of carbonyl (C=O) groups is 1. The summed E-state index contributed by atoms with van der Waals surface area (Å²) in [7, 11) is 1.72. The average Bonchev–Trinajstić information content (AvgIpc) is 2.65. The number of piperidine rings is 1. The van der Waals surface area contributed by atoms with Crippen LogP contribution in [0.15, 0.2) is 30.3 Å². The van der Waals surface area contributed by atoms with Crippen molar-refractivity contribution in [2.75, 3.05) is 52.2 Å². The Bertz CT molecular complexity index is 671. The van der Waals surface area contributed by atoms with Crippen LogP contribution < -0.4 is 10.2 Å². The van der Waals surface area contributed by atoms with E-state index in [2.05, 4.69) is 22.3 Å². The van der Waals surface area contributed by atoms with Gasteiger partial charge >= 0.3 is 0 Å². The smallest absolute Gasteiger partial charge is 0.281 e. The minimum absolute atomic E-state index is 0.0364. The number of benzene rings is 1. The number of nitrogens with one attached hydrogen (secondary N) is 1. The molecule has 1 amide bonds. The molecule has 146 valence electrons. The zero-order chi connectivity index (χ0) is 19.2. The first kappa shape index (κ1) is 20.7. The Kier molecular flexibility index (Phi) is 7.43. The van der Waals surface area contributed by atoms with Crippen molar-refractivity contribution in [3.8, 4) is 0 Å². The molecule has 1 aromatic carbocycles. The van der Waals surface area contributed by atoms with Gasteiger partial charge in [-0.25, -0.2) is 0 Å². The van der Waals surface area contributed by atoms with E-state index in [1.165, 1.54) is 22.7 Å². The summed E-state index contributed by atoms with van der Waals surface area (Å²) >= 11 is 0. The van der Waals surface area contributed by atoms with Crippen molar-refractivity contribution in [3.05, 3.63) is 30.3 Å². The molecule has 7 nitrogen and oxygen atoms in total. The lowest BCUT2D eigenvalue weighted by molar-refractivity contribution is -0.126. The molecule has 1 aliphatic rings. The van der Waals surface area contributed by atoms with Crippen molar-refractivity contribution in [2.45, 2.75) is 19.3 Å². The second-order valence-electron chi connectivity index (χ2n) is 6.87. The van der Waals surface area contributed by atoms with Crippen LogP contribution in [0.2, 0.25) is 0 Å². The molecule has 0 aromatic heterocycles. The summed E-state index contributed by atoms with van der Waals surface area (Å²) in [4.78, 5) is 14.5. The van der Waals surface area contributed by atoms with Crippen molar-refractivity contribution in [2.24, 2.45) is 5.92 Å². The molecule has 0 aliphatic carbocycles. The summed E-state index contributed by atoms with van der Waals surface area (Å²) in [5, 5.41) is 2.99. The van der Waals surface area contributed by atoms with Gasteiger partial charge in [-0.15, -0.1) is 0 Å². The summed E-state index contributed by atoms with van der Waals surface area (Å²) < 4.78 is 26.9. The van der Waals surface area contributed by atoms with Gasteiger partial charge in [0.25, 0.3) is 10.2 Å². The number of carbonyl (C=O) groups excluding carboxylic acids is 1. The van der Waals surface area contributed by atoms with Gasteiger partial charge in [0.05, 0.1) is 0 Å². The van der Waals surface area contributed by atoms with Gasteiger partial charge in [-0.2, -0.15) is 17.0 Å². The number of hydrogen-bond donors (Lipinski definition) is 1. The average molecular weight is 383 g/mol. The molecule has 1 heterocycles. The molecule has 0 atom stereocenters. The van der Waals surface area contributed by atoms with Gasteiger partial charge in [0, 0.05) is 58.9 Å². The van der Waals surface area contributed by atoms with Crippen LogP contribution in [-0.2, 0) is 15.0 Å². The second kappa shape index (κ2) is 9.34. The maximum atomic E-state index is 12.3. The van der Waals surface area contributed by atoms with Crippen LogP contribution in [0.4, 0.5) is 5.69 Å². The van der Waals surface area contributed by atoms with Gasteiger partial charge in [-0.3, -0.25) is 4.79 Å². The third kappa shape index (κ3) is 5.43. The Morgan fingerprint density at radius 2 is 1.77 bits per heavy atom. The summed E-state index contributed by atoms with van der Waals surface area (Å²) in [5.74, 6) is -0.0651. The van der Waals surface area contributed by atoms with Gasteiger partial charge in [-0.1, -0.05) is 18.2 Å². The van der Waals surface area contributed by atoms with Crippen molar-refractivity contribution in [1.29, 1.82) is 0 Å². The van der Waals surface area contributed by atoms with Gasteiger partial charge in [0.1, 0.15) is 0 Å². The van der Waals surface area contributed by atoms with Crippen LogP contribution in [0.5, 0.6) is 0 Å². The van der Waals surface area contributed by atoms with Crippen molar-refractivity contribution >= 4 is 21.8 Å². The molecule has 1 saturated heterocycles. The third-order valence-electron chi connectivity index (χ3n) is 4.78. The Labute approximate surface area is 157 Å². The Morgan fingerprint density at radius 1 is 1.15 bits per heavy atom. The van der Waals surface area contributed by atoms with E-state index in [0.29, 0.717) is 32.5 Å². The number of rotatable bonds is 8. The maximum Gasteiger partial charge on any atom is 0.281 e. The van der Waals surface area contributed by atoms with Crippen LogP contribution in [0.3, 0.4) is 0 Å². The van der Waals surface area contributed by atoms with E-state index in [1.54, 1.807) is 0 Å². The Hall–Kier alpha value is -1.64. The molecule has 2 rings (SSSR count). The fourth-order valence-corrected chi connectivity index (χ4v) is 4.20. The molecule has 0 spiro atoms. The monoisotopic (exact) mass is 382 g/mol. The highest BCUT2D eigenvalue weighted by Crippen LogP contribution is 2.20. The molecular weight excluding hydrogens is 352 g/mol. The molecule has 0 bridgehead atoms. The lowest BCUT2D eigenvalue weighted by atomic mass is 9.97. The number of nitrogens with zero attached hydrogens (tertiary/aromatic N) is 3. The first-order chi connectivity index (χ1) is 12.3. The fourth-order valence-electron chi connectivity index (χ4n) is 3.06. The molecule has 0 unspecified atom stereocenters. The Balaban J connectivity index is 1.68. The predicted octanol–water partition coefficient (Wildman–Crippen LogP) is 1.15. The number of anilines is 1. The summed E-state index contributed by atoms with van der Waals surface area (Å²) in [6.45, 7) is 2.29. The molecule has 0 saturated carbocycles. The van der Waals surface area contributed by atoms with Crippen molar-refractivity contribution in [3.63, 3.8) is 0 Å². The minimum Gasteiger partial charge on any atom is -0.375 e. The van der Waals surface area contributed by atoms with E-state index in [-0.39, 0.29) is 11.8 Å². The summed E-state index contributed by atoms with van der Waals surface area (Å²) in [5.41, 5.74) is 1.16. The molecule has 1 fully saturated rings. The highest BCUT2D eigenvalue weighted by molar-refractivity contribution is 7.86. The SMILES string of the molecule is CN(CCCNC(=O)C1CCN(S(=O)(=O)N(C)C)CC1)c1ccccc1. The molecule has 8 heteroatoms. The number of hydrogen-bond acceptors (Lipinski definition) is 4. The van der Waals surface area contributed by atoms with Crippen LogP contribution in [0.25, 0.3) is 0 Å². The van der Waals surface area contributed by atoms with E-state index in [0.717, 1.165) is 18.7 Å². The van der Waals surface area contributed by atoms with Gasteiger partial charge in [-0.05, 0) is 31.4 Å². The van der Waals surface area contributed by atoms with Gasteiger partial charge in [0.15, 0.2) is 0 Å². The van der Waals surface area contributed by atoms with Crippen LogP contribution >= 0.6 is 0 Å². The van der Waals surface area contributed by atoms with E-state index in [4.69, 9.17) is 0 Å². The third-order valence-corrected chi connectivity index (χ3v) is 6.72. The number of para-hydroxylation sites is 1. The van der Waals surface area contributed by atoms with Gasteiger partial charge < -0.3 is 10.2 Å². The second-order valence-corrected chi connectivity index (χ2v) is 9.01. The van der Waals surface area contributed by atoms with Crippen LogP contribution in [0, 0.1) is 5.92 Å². The normalized spacial score (nSPS) is 16.6. The standard InChI is InChI=1S/C18H30N4O3S/c1-20(2)26(24,25)22-14-10-16(11-15-22)18(23)19-12-7-13-21(3)17-8-5-4-6-9-17/h4-6,8-9,16H,7,10-15H2,1-3H3,(H,19,23). The van der Waals surface area contributed by atoms with Crippen molar-refractivity contribution < 1.29 is 13.2 Å². The quantitative estimate of drug-likeness (QED) is 0.685. The molecule has 1 aliphatic heterocycles. The lowest BCUT2D eigenvalue weighted by Gasteiger charge is -2.32. The molecule has 26 heavy (non-hydrogen) atoms. The molecule has 1 N–H and O–H groups in total. The summed E-state index contributed by atoms with van der Waals surface area (Å²) in [6.07, 6.45) is 2.01. The van der Waals surface area contributed by atoms with Crippen LogP contribution in [-0.4, -0.2) is 70.3 Å². The van der Waals surface area contributed by atoms with E-state index in [9.17, 15) is 13.2 Å². The summed E-state index contributed by atoms with van der Waals surface area (Å²) in [6, 6.07) is 10.1. The largest absolute Gasteiger partial charge is 0.375 e. The lowest BCUT2D eigenvalue weighted by Crippen LogP contribution is -2.47. The topological polar surface area (TPSA) is 73.0 Å². The molecule has 0 radical (unpaired) electrons. The highest BCUT2D eigenvalue weighted by atomic mass is 32.2. The number of amides is 1. The van der Waals surface area contributed by atoms with E-state index in [1.807, 2.05) is 25.2 Å². The predicted molar refractivity (Wildman–Crippen MR) is 104 cm³/mol. The molecular formula is C18H30N4O3S. The van der Waals surface area contributed by atoms with Crippen LogP contribution in [0.1, 0.15) is 19.3 Å². The maximum absolute atomic E-state index is 12.3. The fraction of sp³-hybridized carbons (Fsp3) is 0.611.